The van der Waals surface area contributed by atoms with Crippen LogP contribution in [0.4, 0.5) is 5.69 Å². The van der Waals surface area contributed by atoms with E-state index in [1.807, 2.05) is 24.3 Å². The van der Waals surface area contributed by atoms with Gasteiger partial charge in [-0.1, -0.05) is 0 Å². The number of anilines is 1. The monoisotopic (exact) mass is 595 g/mol. The molecule has 0 fully saturated rings. The normalized spacial score (nSPS) is 15.5. The van der Waals surface area contributed by atoms with Crippen LogP contribution in [0.2, 0.25) is 0 Å². The van der Waals surface area contributed by atoms with Gasteiger partial charge in [0.25, 0.3) is 0 Å². The Labute approximate surface area is 176 Å². The number of halogens is 2. The number of nitrogens with zero attached hydrogens (tertiary/aromatic N) is 2. The molecule has 1 unspecified atom stereocenters. The van der Waals surface area contributed by atoms with Gasteiger partial charge >= 0.3 is 177 Å². The Morgan fingerprint density at radius 3 is 2.70 bits per heavy atom. The standard InChI is InChI=1S/C20H25I2N2O3/c1-20(2,3)14-11-13(9-10-18(25)27-4)12-17(19(14)26)24-22-21-15-7-5-6-8-16(15)23-24/h5-8,11-12,18,25-26H,9-10H2,1-4H3/q-1. The number of aliphatic hydroxyl groups is 1. The minimum absolute atomic E-state index is 0.0829. The second-order valence-corrected chi connectivity index (χ2v) is 15.5. The van der Waals surface area contributed by atoms with Crippen LogP contribution < -0.4 is 26.1 Å². The van der Waals surface area contributed by atoms with Gasteiger partial charge in [0.2, 0.25) is 0 Å². The molecule has 1 aliphatic heterocycles. The molecule has 3 rings (SSSR count). The van der Waals surface area contributed by atoms with Crippen molar-refractivity contribution in [1.29, 1.82) is 0 Å². The molecule has 0 aromatic heterocycles. The van der Waals surface area contributed by atoms with Crippen molar-refractivity contribution in [2.45, 2.75) is 45.3 Å². The predicted octanol–water partition coefficient (Wildman–Crippen LogP) is 0.782. The number of benzene rings is 2. The number of phenolic OH excluding ortho intramolecular Hbond substituents is 1. The van der Waals surface area contributed by atoms with Crippen molar-refractivity contribution in [3.05, 3.63) is 56.0 Å². The Bertz CT molecular complexity index is 941. The van der Waals surface area contributed by atoms with E-state index < -0.39 is 6.29 Å². The summed E-state index contributed by atoms with van der Waals surface area (Å²) in [6.07, 6.45) is 0.431. The average Bonchev–Trinajstić information content (AvgIpc) is 2.65. The molecule has 2 aromatic rings. The van der Waals surface area contributed by atoms with E-state index in [9.17, 15) is 10.2 Å². The van der Waals surface area contributed by atoms with Gasteiger partial charge in [0.15, 0.2) is 0 Å². The van der Waals surface area contributed by atoms with Gasteiger partial charge in [-0.05, 0) is 0 Å². The van der Waals surface area contributed by atoms with Gasteiger partial charge in [0.05, 0.1) is 0 Å². The number of aromatic hydroxyl groups is 1. The molecule has 0 saturated carbocycles. The van der Waals surface area contributed by atoms with E-state index in [1.54, 1.807) is 0 Å². The van der Waals surface area contributed by atoms with Crippen molar-refractivity contribution >= 4 is 22.4 Å². The second-order valence-electron chi connectivity index (χ2n) is 7.44. The zero-order valence-electron chi connectivity index (χ0n) is 15.9. The van der Waals surface area contributed by atoms with E-state index in [0.29, 0.717) is 18.6 Å². The first kappa shape index (κ1) is 20.9. The minimum atomic E-state index is -0.773. The van der Waals surface area contributed by atoms with Crippen LogP contribution in [0.15, 0.2) is 41.5 Å². The van der Waals surface area contributed by atoms with Gasteiger partial charge < -0.3 is 0 Å². The number of aryl methyl sites for hydroxylation is 1. The van der Waals surface area contributed by atoms with Crippen LogP contribution in [0.3, 0.4) is 0 Å². The topological polar surface area (TPSA) is 65.3 Å². The number of rotatable bonds is 5. The third-order valence-corrected chi connectivity index (χ3v) is 13.4. The van der Waals surface area contributed by atoms with Crippen LogP contribution in [0.5, 0.6) is 5.75 Å². The molecule has 2 aromatic carbocycles. The van der Waals surface area contributed by atoms with Crippen molar-refractivity contribution < 1.29 is 32.5 Å². The molecular weight excluding hydrogens is 570 g/mol. The van der Waals surface area contributed by atoms with E-state index in [2.05, 4.69) is 36.1 Å². The molecule has 0 saturated heterocycles. The van der Waals surface area contributed by atoms with E-state index >= 15 is 0 Å². The number of phenols is 1. The molecule has 7 heteroatoms. The second kappa shape index (κ2) is 8.71. The zero-order valence-corrected chi connectivity index (χ0v) is 20.2. The molecule has 0 amide bonds. The van der Waals surface area contributed by atoms with Crippen LogP contribution in [0.1, 0.15) is 38.3 Å². The van der Waals surface area contributed by atoms with Crippen molar-refractivity contribution in [2.75, 3.05) is 10.3 Å². The van der Waals surface area contributed by atoms with Gasteiger partial charge in [-0.15, -0.1) is 0 Å². The van der Waals surface area contributed by atoms with Crippen LogP contribution in [-0.4, -0.2) is 23.6 Å². The molecule has 1 atom stereocenters. The summed E-state index contributed by atoms with van der Waals surface area (Å²) >= 11 is -0.364. The summed E-state index contributed by atoms with van der Waals surface area (Å²) < 4.78 is 8.40. The summed E-state index contributed by atoms with van der Waals surface area (Å²) in [6.45, 7) is 6.30. The number of hydrogen-bond donors (Lipinski definition) is 2. The number of hydrogen-bond acceptors (Lipinski definition) is 5. The van der Waals surface area contributed by atoms with Gasteiger partial charge in [-0.3, -0.25) is 0 Å². The number of aliphatic hydroxyl groups excluding tert-OH is 1. The molecular formula is C20H25I2N2O3-. The molecule has 1 aliphatic rings. The number of methoxy groups -OCH3 is 1. The summed E-state index contributed by atoms with van der Waals surface area (Å²) in [4.78, 5) is 0. The van der Waals surface area contributed by atoms with Gasteiger partial charge in [0.1, 0.15) is 0 Å². The summed E-state index contributed by atoms with van der Waals surface area (Å²) in [5.74, 6) is 0.324. The molecule has 0 aliphatic carbocycles. The van der Waals surface area contributed by atoms with Gasteiger partial charge in [-0.2, -0.15) is 0 Å². The Balaban J connectivity index is 2.04. The molecule has 0 radical (unpaired) electrons. The zero-order chi connectivity index (χ0) is 19.6. The van der Waals surface area contributed by atoms with E-state index in [0.717, 1.165) is 22.2 Å². The summed E-state index contributed by atoms with van der Waals surface area (Å²) in [6, 6.07) is 12.4. The average molecular weight is 595 g/mol. The number of ether oxygens (including phenoxy) is 1. The third-order valence-electron chi connectivity index (χ3n) is 4.33. The third kappa shape index (κ3) is 4.99. The van der Waals surface area contributed by atoms with Gasteiger partial charge in [0, 0.05) is 0 Å². The molecule has 27 heavy (non-hydrogen) atoms. The number of fused-ring (bicyclic) bond motifs is 1. The van der Waals surface area contributed by atoms with Crippen LogP contribution in [0, 0.1) is 3.15 Å². The Hall–Kier alpha value is -0.780. The molecule has 2 N–H and O–H groups in total. The van der Waals surface area contributed by atoms with Crippen molar-refractivity contribution in [1.82, 2.24) is 0 Å². The quantitative estimate of drug-likeness (QED) is 0.305. The first-order chi connectivity index (χ1) is 12.8. The summed E-state index contributed by atoms with van der Waals surface area (Å²) in [7, 11) is 1.51. The van der Waals surface area contributed by atoms with Crippen molar-refractivity contribution in [2.24, 2.45) is 5.10 Å². The first-order valence-electron chi connectivity index (χ1n) is 8.77. The van der Waals surface area contributed by atoms with Crippen molar-refractivity contribution in [3.8, 4) is 5.75 Å². The van der Waals surface area contributed by atoms with Gasteiger partial charge in [-0.25, -0.2) is 0 Å². The fraction of sp³-hybridized carbons (Fsp3) is 0.400. The maximum absolute atomic E-state index is 11.0. The molecule has 5 nitrogen and oxygen atoms in total. The molecule has 0 bridgehead atoms. The molecule has 0 spiro atoms. The van der Waals surface area contributed by atoms with E-state index in [-0.39, 0.29) is 39.7 Å². The Morgan fingerprint density at radius 1 is 1.26 bits per heavy atom. The Morgan fingerprint density at radius 2 is 2.00 bits per heavy atom. The van der Waals surface area contributed by atoms with Crippen LogP contribution in [-0.2, 0) is 16.6 Å². The molecule has 1 heterocycles. The molecule has 148 valence electrons. The SMILES string of the molecule is COC(O)CCc1cc(N2N=c3ccccc3=I[I-]2)c(O)c(C(C)(C)C)c1. The van der Waals surface area contributed by atoms with E-state index in [4.69, 9.17) is 9.84 Å². The van der Waals surface area contributed by atoms with Crippen molar-refractivity contribution in [3.63, 3.8) is 0 Å². The van der Waals surface area contributed by atoms with Crippen LogP contribution in [0.25, 0.3) is 0 Å². The fourth-order valence-electron chi connectivity index (χ4n) is 2.80. The fourth-order valence-corrected chi connectivity index (χ4v) is 11.5. The first-order valence-corrected chi connectivity index (χ1v) is 17.1. The van der Waals surface area contributed by atoms with Crippen LogP contribution >= 0.6 is 16.8 Å². The summed E-state index contributed by atoms with van der Waals surface area (Å²) in [5, 5.41) is 26.6. The van der Waals surface area contributed by atoms with E-state index in [1.165, 1.54) is 10.3 Å². The predicted molar refractivity (Wildman–Crippen MR) is 111 cm³/mol. The Kier molecular flexibility index (Phi) is 6.75. The maximum atomic E-state index is 11.0. The summed E-state index contributed by atoms with van der Waals surface area (Å²) in [5.41, 5.74) is 2.61.